The van der Waals surface area contributed by atoms with Crippen molar-refractivity contribution in [1.82, 2.24) is 0 Å². The number of rotatable bonds is 2. The van der Waals surface area contributed by atoms with Crippen LogP contribution in [-0.2, 0) is 9.47 Å². The van der Waals surface area contributed by atoms with E-state index in [0.29, 0.717) is 12.8 Å². The fraction of sp³-hybridized carbons (Fsp3) is 1.00. The van der Waals surface area contributed by atoms with Gasteiger partial charge in [-0.2, -0.15) is 0 Å². The minimum Gasteiger partial charge on any atom is -0.350 e. The summed E-state index contributed by atoms with van der Waals surface area (Å²) in [6.45, 7) is 0. The van der Waals surface area contributed by atoms with Gasteiger partial charge in [0.05, 0.1) is 10.8 Å². The van der Waals surface area contributed by atoms with Crippen molar-refractivity contribution in [2.75, 3.05) is 14.2 Å². The molecule has 0 amide bonds. The predicted molar refractivity (Wildman–Crippen MR) is 62.4 cm³/mol. The SMILES string of the molecule is COC1(OC)[C@@]2(Cl)CC[C@@]1(Cl)[C@@H](Cl)[C@@H]2Cl. The van der Waals surface area contributed by atoms with Crippen molar-refractivity contribution in [2.24, 2.45) is 0 Å². The predicted octanol–water partition coefficient (Wildman–Crippen LogP) is 2.95. The molecular formula is C9H12Cl4O2. The second kappa shape index (κ2) is 3.54. The number of ether oxygens (including phenoxy) is 2. The molecule has 2 bridgehead atoms. The number of fused-ring (bicyclic) bond motifs is 2. The van der Waals surface area contributed by atoms with Gasteiger partial charge in [-0.1, -0.05) is 0 Å². The van der Waals surface area contributed by atoms with Gasteiger partial charge in [0.2, 0.25) is 5.79 Å². The van der Waals surface area contributed by atoms with Gasteiger partial charge < -0.3 is 9.47 Å². The molecular weight excluding hydrogens is 282 g/mol. The molecule has 0 unspecified atom stereocenters. The van der Waals surface area contributed by atoms with Crippen LogP contribution in [0.2, 0.25) is 0 Å². The van der Waals surface area contributed by atoms with Crippen molar-refractivity contribution in [2.45, 2.75) is 39.1 Å². The van der Waals surface area contributed by atoms with Crippen LogP contribution < -0.4 is 0 Å². The van der Waals surface area contributed by atoms with Gasteiger partial charge in [0.15, 0.2) is 0 Å². The van der Waals surface area contributed by atoms with Crippen molar-refractivity contribution < 1.29 is 9.47 Å². The van der Waals surface area contributed by atoms with E-state index in [0.717, 1.165) is 0 Å². The van der Waals surface area contributed by atoms with Crippen molar-refractivity contribution in [1.29, 1.82) is 0 Å². The molecule has 2 aliphatic rings. The van der Waals surface area contributed by atoms with E-state index in [1.807, 2.05) is 0 Å². The summed E-state index contributed by atoms with van der Waals surface area (Å²) in [5.41, 5.74) is 0. The maximum atomic E-state index is 6.50. The van der Waals surface area contributed by atoms with Gasteiger partial charge in [-0.15, -0.1) is 46.4 Å². The molecule has 2 fully saturated rings. The number of hydrogen-bond donors (Lipinski definition) is 0. The number of hydrogen-bond acceptors (Lipinski definition) is 2. The molecule has 0 spiro atoms. The van der Waals surface area contributed by atoms with Crippen LogP contribution in [0.3, 0.4) is 0 Å². The summed E-state index contributed by atoms with van der Waals surface area (Å²) in [4.78, 5) is -1.71. The molecule has 4 atom stereocenters. The molecule has 0 saturated heterocycles. The van der Waals surface area contributed by atoms with E-state index in [4.69, 9.17) is 55.9 Å². The maximum absolute atomic E-state index is 6.50. The smallest absolute Gasteiger partial charge is 0.209 e. The first-order valence-corrected chi connectivity index (χ1v) is 6.29. The first-order chi connectivity index (χ1) is 6.89. The Kier molecular flexibility index (Phi) is 2.95. The third kappa shape index (κ3) is 1.12. The van der Waals surface area contributed by atoms with Gasteiger partial charge >= 0.3 is 0 Å². The third-order valence-electron chi connectivity index (χ3n) is 3.65. The molecule has 2 nitrogen and oxygen atoms in total. The van der Waals surface area contributed by atoms with Crippen molar-refractivity contribution in [3.05, 3.63) is 0 Å². The summed E-state index contributed by atoms with van der Waals surface area (Å²) < 4.78 is 10.9. The number of alkyl halides is 4. The number of halogens is 4. The van der Waals surface area contributed by atoms with Gasteiger partial charge in [0, 0.05) is 14.2 Å². The fourth-order valence-electron chi connectivity index (χ4n) is 2.90. The molecule has 2 rings (SSSR count). The summed E-state index contributed by atoms with van der Waals surface area (Å²) in [5.74, 6) is -1.11. The highest BCUT2D eigenvalue weighted by Gasteiger charge is 2.81. The Labute approximate surface area is 109 Å². The first kappa shape index (κ1) is 12.5. The van der Waals surface area contributed by atoms with Crippen LogP contribution in [0.5, 0.6) is 0 Å². The molecule has 0 aliphatic heterocycles. The molecule has 0 aromatic carbocycles. The quantitative estimate of drug-likeness (QED) is 0.576. The van der Waals surface area contributed by atoms with Gasteiger partial charge in [-0.05, 0) is 12.8 Å². The lowest BCUT2D eigenvalue weighted by Gasteiger charge is -2.39. The Morgan fingerprint density at radius 2 is 1.27 bits per heavy atom. The Morgan fingerprint density at radius 1 is 0.933 bits per heavy atom. The largest absolute Gasteiger partial charge is 0.350 e. The summed E-state index contributed by atoms with van der Waals surface area (Å²) in [6, 6.07) is 0. The van der Waals surface area contributed by atoms with Crippen LogP contribution in [0.15, 0.2) is 0 Å². The Hall–Kier alpha value is 1.08. The average molecular weight is 294 g/mol. The normalized spacial score (nSPS) is 52.4. The minimum absolute atomic E-state index is 0.466. The topological polar surface area (TPSA) is 18.5 Å². The lowest BCUT2D eigenvalue weighted by Crippen LogP contribution is -2.56. The summed E-state index contributed by atoms with van der Waals surface area (Å²) in [6.07, 6.45) is 1.27. The second-order valence-electron chi connectivity index (χ2n) is 4.05. The molecule has 88 valence electrons. The molecule has 2 saturated carbocycles. The summed E-state index contributed by atoms with van der Waals surface area (Å²) in [5, 5.41) is -0.932. The minimum atomic E-state index is -1.11. The van der Waals surface area contributed by atoms with E-state index in [-0.39, 0.29) is 0 Å². The average Bonchev–Trinajstić information content (AvgIpc) is 2.53. The van der Waals surface area contributed by atoms with E-state index in [1.165, 1.54) is 14.2 Å². The standard InChI is InChI=1S/C9H12Cl4O2/c1-14-9(15-2)7(12)3-4-8(9,13)6(11)5(7)10/h5-6H,3-4H2,1-2H3/t5-,6-,7+,8+/m0/s1. The molecule has 15 heavy (non-hydrogen) atoms. The molecule has 0 aromatic heterocycles. The molecule has 0 N–H and O–H groups in total. The summed E-state index contributed by atoms with van der Waals surface area (Å²) >= 11 is 25.5. The molecule has 0 radical (unpaired) electrons. The van der Waals surface area contributed by atoms with E-state index < -0.39 is 26.3 Å². The van der Waals surface area contributed by atoms with Crippen LogP contribution >= 0.6 is 46.4 Å². The van der Waals surface area contributed by atoms with Crippen molar-refractivity contribution in [3.63, 3.8) is 0 Å². The van der Waals surface area contributed by atoms with Gasteiger partial charge in [0.25, 0.3) is 0 Å². The highest BCUT2D eigenvalue weighted by atomic mass is 35.5. The fourth-order valence-corrected chi connectivity index (χ4v) is 5.10. The van der Waals surface area contributed by atoms with E-state index >= 15 is 0 Å². The van der Waals surface area contributed by atoms with Crippen LogP contribution in [-0.4, -0.2) is 40.5 Å². The molecule has 6 heteroatoms. The highest BCUT2D eigenvalue weighted by Crippen LogP contribution is 2.68. The first-order valence-electron chi connectivity index (χ1n) is 4.66. The second-order valence-corrected chi connectivity index (χ2v) is 6.34. The molecule has 2 aliphatic carbocycles. The van der Waals surface area contributed by atoms with Crippen molar-refractivity contribution >= 4 is 46.4 Å². The van der Waals surface area contributed by atoms with Gasteiger partial charge in [0.1, 0.15) is 9.75 Å². The van der Waals surface area contributed by atoms with Gasteiger partial charge in [-0.25, -0.2) is 0 Å². The zero-order chi connectivity index (χ0) is 11.5. The van der Waals surface area contributed by atoms with Crippen LogP contribution in [0, 0.1) is 0 Å². The highest BCUT2D eigenvalue weighted by molar-refractivity contribution is 6.44. The Morgan fingerprint density at radius 3 is 1.47 bits per heavy atom. The monoisotopic (exact) mass is 292 g/mol. The molecule has 0 aromatic rings. The van der Waals surface area contributed by atoms with Crippen molar-refractivity contribution in [3.8, 4) is 0 Å². The number of methoxy groups -OCH3 is 2. The third-order valence-corrected chi connectivity index (χ3v) is 6.60. The Bertz CT molecular complexity index is 259. The van der Waals surface area contributed by atoms with Crippen LogP contribution in [0.1, 0.15) is 12.8 Å². The van der Waals surface area contributed by atoms with Crippen LogP contribution in [0.4, 0.5) is 0 Å². The zero-order valence-corrected chi connectivity index (χ0v) is 11.4. The summed E-state index contributed by atoms with van der Waals surface area (Å²) in [7, 11) is 3.03. The van der Waals surface area contributed by atoms with E-state index in [9.17, 15) is 0 Å². The van der Waals surface area contributed by atoms with Gasteiger partial charge in [-0.3, -0.25) is 0 Å². The lowest BCUT2D eigenvalue weighted by atomic mass is 9.99. The zero-order valence-electron chi connectivity index (χ0n) is 8.40. The van der Waals surface area contributed by atoms with E-state index in [2.05, 4.69) is 0 Å². The maximum Gasteiger partial charge on any atom is 0.209 e. The lowest BCUT2D eigenvalue weighted by molar-refractivity contribution is -0.219. The van der Waals surface area contributed by atoms with E-state index in [1.54, 1.807) is 0 Å². The van der Waals surface area contributed by atoms with Crippen LogP contribution in [0.25, 0.3) is 0 Å². The Balaban J connectivity index is 2.56. The molecule has 0 heterocycles.